The Morgan fingerprint density at radius 3 is 2.14 bits per heavy atom. The van der Waals surface area contributed by atoms with E-state index in [2.05, 4.69) is 41.0 Å². The van der Waals surface area contributed by atoms with Gasteiger partial charge in [-0.3, -0.25) is 9.59 Å². The van der Waals surface area contributed by atoms with Gasteiger partial charge in [0, 0.05) is 29.6 Å². The maximum Gasteiger partial charge on any atom is 0.407 e. The number of methoxy groups -OCH3 is 1. The van der Waals surface area contributed by atoms with Crippen LogP contribution >= 0.6 is 54.0 Å². The Hall–Kier alpha value is -3.71. The quantitative estimate of drug-likeness (QED) is 0.157. The van der Waals surface area contributed by atoms with Crippen LogP contribution in [-0.4, -0.2) is 73.4 Å². The largest absolute Gasteiger partial charge is 0.453 e. The number of aromatic amines is 2. The number of fused-ring (bicyclic) bond motifs is 4. The topological polar surface area (TPSA) is 136 Å². The van der Waals surface area contributed by atoms with Crippen LogP contribution in [0.4, 0.5) is 4.79 Å². The molecule has 4 aromatic rings. The lowest BCUT2D eigenvalue weighted by Crippen LogP contribution is -2.59. The number of likely N-dealkylation sites (tertiary alicyclic amines) is 1. The van der Waals surface area contributed by atoms with Crippen LogP contribution in [0, 0.1) is 35.5 Å². The van der Waals surface area contributed by atoms with Crippen molar-refractivity contribution in [2.45, 2.75) is 97.3 Å². The van der Waals surface area contributed by atoms with Crippen molar-refractivity contribution in [1.29, 1.82) is 0 Å². The van der Waals surface area contributed by atoms with Crippen LogP contribution in [-0.2, 0) is 14.3 Å². The molecule has 4 atom stereocenters. The number of amides is 3. The van der Waals surface area contributed by atoms with E-state index in [0.717, 1.165) is 90.1 Å². The molecule has 310 valence electrons. The van der Waals surface area contributed by atoms with Crippen molar-refractivity contribution >= 4 is 82.9 Å². The summed E-state index contributed by atoms with van der Waals surface area (Å²) in [5.74, 6) is 8.83. The molecule has 2 aromatic carbocycles. The zero-order valence-electron chi connectivity index (χ0n) is 33.6. The highest BCUT2D eigenvalue weighted by Gasteiger charge is 2.48. The van der Waals surface area contributed by atoms with Crippen molar-refractivity contribution in [3.63, 3.8) is 0 Å². The molecule has 5 heterocycles. The number of hydrogen-bond acceptors (Lipinski definition) is 6. The number of rotatable bonds is 8. The van der Waals surface area contributed by atoms with Gasteiger partial charge in [0.2, 0.25) is 11.8 Å². The Kier molecular flexibility index (Phi) is 17.0. The highest BCUT2D eigenvalue weighted by atomic mass is 32.1. The average Bonchev–Trinajstić information content (AvgIpc) is 3.95. The van der Waals surface area contributed by atoms with Crippen molar-refractivity contribution in [2.24, 2.45) is 23.7 Å². The number of nitrogens with one attached hydrogen (secondary N) is 3. The molecule has 1 saturated carbocycles. The van der Waals surface area contributed by atoms with Crippen LogP contribution in [0.1, 0.15) is 108 Å². The molecule has 2 bridgehead atoms. The summed E-state index contributed by atoms with van der Waals surface area (Å²) < 4.78 is 4.84. The van der Waals surface area contributed by atoms with Crippen LogP contribution < -0.4 is 5.32 Å². The number of benzene rings is 2. The summed E-state index contributed by atoms with van der Waals surface area (Å²) in [4.78, 5) is 60.1. The predicted octanol–water partition coefficient (Wildman–Crippen LogP) is 7.58. The number of hydrogen-bond donors (Lipinski definition) is 3. The fourth-order valence-corrected chi connectivity index (χ4v) is 8.32. The SMILES string of the molecule is COC(=O)N[C@H](C(=O)N1C2CCC(CC2)[C@H]1c1nc2ccc(C#Cc3ccc(-c4cnc([C@@H]5CCCN5C(=O)[C@@H](C)C(C)C)[nH]4)cc3)cc2[nH]1)C(C)C.S.S.S.S. The number of alkyl carbamates (subject to hydrolysis) is 1. The fourth-order valence-electron chi connectivity index (χ4n) is 8.32. The van der Waals surface area contributed by atoms with Gasteiger partial charge in [-0.25, -0.2) is 14.8 Å². The van der Waals surface area contributed by atoms with Gasteiger partial charge < -0.3 is 29.8 Å². The van der Waals surface area contributed by atoms with E-state index >= 15 is 0 Å². The van der Waals surface area contributed by atoms with Crippen molar-refractivity contribution in [3.8, 4) is 23.1 Å². The van der Waals surface area contributed by atoms with Gasteiger partial charge in [0.15, 0.2) is 0 Å². The summed E-state index contributed by atoms with van der Waals surface area (Å²) in [6.07, 6.45) is 7.15. The highest BCUT2D eigenvalue weighted by Crippen LogP contribution is 2.47. The predicted molar refractivity (Wildman–Crippen MR) is 245 cm³/mol. The second-order valence-corrected chi connectivity index (χ2v) is 15.7. The smallest absolute Gasteiger partial charge is 0.407 e. The van der Waals surface area contributed by atoms with Crippen LogP contribution in [0.3, 0.4) is 0 Å². The molecule has 2 aromatic heterocycles. The third kappa shape index (κ3) is 9.95. The summed E-state index contributed by atoms with van der Waals surface area (Å²) >= 11 is 0. The molecule has 8 rings (SSSR count). The van der Waals surface area contributed by atoms with Gasteiger partial charge in [0.05, 0.1) is 42.1 Å². The lowest BCUT2D eigenvalue weighted by Gasteiger charge is -2.51. The Morgan fingerprint density at radius 2 is 1.49 bits per heavy atom. The lowest BCUT2D eigenvalue weighted by molar-refractivity contribution is -0.149. The number of carbonyl (C=O) groups is 3. The van der Waals surface area contributed by atoms with Crippen molar-refractivity contribution in [2.75, 3.05) is 13.7 Å². The molecule has 4 aliphatic rings. The van der Waals surface area contributed by atoms with Crippen LogP contribution in [0.2, 0.25) is 0 Å². The first kappa shape index (κ1) is 47.7. The maximum atomic E-state index is 14.1. The van der Waals surface area contributed by atoms with Crippen molar-refractivity contribution in [1.82, 2.24) is 35.1 Å². The minimum Gasteiger partial charge on any atom is -0.453 e. The van der Waals surface area contributed by atoms with E-state index in [1.165, 1.54) is 7.11 Å². The van der Waals surface area contributed by atoms with Crippen LogP contribution in [0.15, 0.2) is 48.7 Å². The number of imidazole rings is 2. The van der Waals surface area contributed by atoms with Gasteiger partial charge in [-0.2, -0.15) is 54.0 Å². The molecule has 1 aliphatic carbocycles. The standard InChI is InChI=1S/C42H51N7O4.4H2S/c1-24(2)26(5)40(50)48-21-7-8-35(48)38-43-23-34(46-38)29-14-11-27(12-15-29)9-10-28-13-20-32-33(22-28)45-39(44-32)37-30-16-18-31(19-17-30)49(37)41(51)36(25(3)4)47-42(52)53-6;;;;/h11-15,20,22-26,30-31,35-37H,7-8,16-19,21H2,1-6H3,(H,43,46)(H,44,45)(H,47,52);4*1H2/t26-,30?,31?,35-,36-,37-;;;;/m0..../s1. The zero-order valence-corrected chi connectivity index (χ0v) is 37.6. The molecule has 57 heavy (non-hydrogen) atoms. The van der Waals surface area contributed by atoms with Crippen LogP contribution in [0.5, 0.6) is 0 Å². The van der Waals surface area contributed by atoms with Gasteiger partial charge in [-0.15, -0.1) is 0 Å². The first-order valence-electron chi connectivity index (χ1n) is 19.2. The molecule has 11 nitrogen and oxygen atoms in total. The molecule has 0 spiro atoms. The van der Waals surface area contributed by atoms with Gasteiger partial charge in [-0.05, 0) is 92.2 Å². The third-order valence-corrected chi connectivity index (χ3v) is 11.7. The van der Waals surface area contributed by atoms with E-state index in [0.29, 0.717) is 11.8 Å². The molecule has 3 saturated heterocycles. The van der Waals surface area contributed by atoms with E-state index in [4.69, 9.17) is 14.7 Å². The van der Waals surface area contributed by atoms with E-state index in [9.17, 15) is 14.4 Å². The van der Waals surface area contributed by atoms with Gasteiger partial charge in [0.1, 0.15) is 17.7 Å². The highest BCUT2D eigenvalue weighted by molar-refractivity contribution is 7.59. The Balaban J connectivity index is 0.00000218. The lowest BCUT2D eigenvalue weighted by atomic mass is 9.73. The van der Waals surface area contributed by atoms with Gasteiger partial charge in [-0.1, -0.05) is 58.6 Å². The first-order chi connectivity index (χ1) is 25.5. The molecule has 3 amide bonds. The van der Waals surface area contributed by atoms with Gasteiger partial charge >= 0.3 is 6.09 Å². The Labute approximate surface area is 364 Å². The number of H-pyrrole nitrogens is 2. The van der Waals surface area contributed by atoms with E-state index < -0.39 is 12.1 Å². The molecule has 0 radical (unpaired) electrons. The maximum absolute atomic E-state index is 14.1. The fraction of sp³-hybridized carbons (Fsp3) is 0.500. The van der Waals surface area contributed by atoms with Crippen molar-refractivity contribution < 1.29 is 19.1 Å². The van der Waals surface area contributed by atoms with Crippen LogP contribution in [0.25, 0.3) is 22.3 Å². The molecule has 15 heteroatoms. The third-order valence-electron chi connectivity index (χ3n) is 11.7. The summed E-state index contributed by atoms with van der Waals surface area (Å²) in [5.41, 5.74) is 5.38. The second-order valence-electron chi connectivity index (χ2n) is 15.7. The number of ether oxygens (including phenoxy) is 1. The summed E-state index contributed by atoms with van der Waals surface area (Å²) in [7, 11) is 1.31. The summed E-state index contributed by atoms with van der Waals surface area (Å²) in [6, 6.07) is 13.3. The number of piperidine rings is 2. The normalized spacial score (nSPS) is 20.6. The van der Waals surface area contributed by atoms with E-state index in [1.54, 1.807) is 0 Å². The molecule has 0 unspecified atom stereocenters. The summed E-state index contributed by atoms with van der Waals surface area (Å²) in [5, 5.41) is 2.78. The Morgan fingerprint density at radius 1 is 0.825 bits per heavy atom. The molecule has 3 N–H and O–H groups in total. The number of aromatic nitrogens is 4. The van der Waals surface area contributed by atoms with E-state index in [-0.39, 0.29) is 95.8 Å². The number of carbonyl (C=O) groups excluding carboxylic acids is 3. The average molecular weight is 854 g/mol. The molecular formula is C42H59N7O4S4. The van der Waals surface area contributed by atoms with Gasteiger partial charge in [0.25, 0.3) is 0 Å². The van der Waals surface area contributed by atoms with Crippen molar-refractivity contribution in [3.05, 3.63) is 71.4 Å². The molecule has 3 aliphatic heterocycles. The zero-order chi connectivity index (χ0) is 37.4. The minimum absolute atomic E-state index is 0. The minimum atomic E-state index is -0.681. The first-order valence-corrected chi connectivity index (χ1v) is 19.2. The number of nitrogens with zero attached hydrogens (tertiary/aromatic N) is 4. The second kappa shape index (κ2) is 20.3. The van der Waals surface area contributed by atoms with E-state index in [1.807, 2.05) is 79.2 Å². The molecule has 4 fully saturated rings. The Bertz CT molecular complexity index is 2050. The molecular weight excluding hydrogens is 795 g/mol. The summed E-state index contributed by atoms with van der Waals surface area (Å²) in [6.45, 7) is 10.9. The monoisotopic (exact) mass is 853 g/mol.